The number of rotatable bonds is 6. The first-order valence-corrected chi connectivity index (χ1v) is 10.0. The van der Waals surface area contributed by atoms with Crippen LogP contribution in [-0.4, -0.2) is 42.0 Å². The number of amides is 1. The molecule has 1 aliphatic heterocycles. The summed E-state index contributed by atoms with van der Waals surface area (Å²) in [5.41, 5.74) is 1.62. The van der Waals surface area contributed by atoms with E-state index < -0.39 is 0 Å². The number of thiazole rings is 1. The third-order valence-electron chi connectivity index (χ3n) is 4.13. The van der Waals surface area contributed by atoms with Gasteiger partial charge in [-0.3, -0.25) is 4.79 Å². The Labute approximate surface area is 145 Å². The molecule has 1 amide bonds. The first kappa shape index (κ1) is 16.6. The molecule has 0 aromatic carbocycles. The molecule has 6 heteroatoms. The summed E-state index contributed by atoms with van der Waals surface area (Å²) in [6, 6.07) is 2.03. The van der Waals surface area contributed by atoms with Gasteiger partial charge in [0, 0.05) is 29.4 Å². The van der Waals surface area contributed by atoms with Crippen LogP contribution in [0.25, 0.3) is 10.6 Å². The van der Waals surface area contributed by atoms with Crippen molar-refractivity contribution in [1.82, 2.24) is 15.2 Å². The Hall–Kier alpha value is -1.24. The van der Waals surface area contributed by atoms with E-state index in [1.54, 1.807) is 11.3 Å². The Morgan fingerprint density at radius 1 is 1.35 bits per heavy atom. The maximum atomic E-state index is 12.2. The zero-order chi connectivity index (χ0) is 16.1. The van der Waals surface area contributed by atoms with Gasteiger partial charge in [-0.15, -0.1) is 11.3 Å². The lowest BCUT2D eigenvalue weighted by molar-refractivity contribution is 0.0938. The molecule has 2 aromatic heterocycles. The van der Waals surface area contributed by atoms with Crippen LogP contribution < -0.4 is 5.32 Å². The second kappa shape index (κ2) is 8.04. The zero-order valence-corrected chi connectivity index (χ0v) is 15.1. The van der Waals surface area contributed by atoms with Crippen LogP contribution in [0.2, 0.25) is 0 Å². The van der Waals surface area contributed by atoms with Crippen LogP contribution in [0.1, 0.15) is 36.7 Å². The van der Waals surface area contributed by atoms with Gasteiger partial charge in [-0.1, -0.05) is 13.3 Å². The van der Waals surface area contributed by atoms with Gasteiger partial charge in [-0.05, 0) is 43.3 Å². The highest BCUT2D eigenvalue weighted by Crippen LogP contribution is 2.25. The summed E-state index contributed by atoms with van der Waals surface area (Å²) in [4.78, 5) is 19.2. The SMILES string of the molecule is CC(CNC(=O)c1csc(-c2ccsc2)n1)CN1CCCCC1. The second-order valence-corrected chi connectivity index (χ2v) is 7.86. The lowest BCUT2D eigenvalue weighted by atomic mass is 10.1. The molecule has 3 rings (SSSR count). The predicted octanol–water partition coefficient (Wildman–Crippen LogP) is 3.72. The van der Waals surface area contributed by atoms with Crippen LogP contribution in [0.15, 0.2) is 22.2 Å². The van der Waals surface area contributed by atoms with E-state index in [-0.39, 0.29) is 5.91 Å². The highest BCUT2D eigenvalue weighted by molar-refractivity contribution is 7.14. The van der Waals surface area contributed by atoms with E-state index in [1.807, 2.05) is 16.8 Å². The van der Waals surface area contributed by atoms with Gasteiger partial charge in [0.05, 0.1) is 0 Å². The average molecular weight is 350 g/mol. The van der Waals surface area contributed by atoms with Gasteiger partial charge in [0.1, 0.15) is 10.7 Å². The highest BCUT2D eigenvalue weighted by Gasteiger charge is 2.16. The fraction of sp³-hybridized carbons (Fsp3) is 0.529. The van der Waals surface area contributed by atoms with E-state index in [0.29, 0.717) is 18.2 Å². The smallest absolute Gasteiger partial charge is 0.270 e. The zero-order valence-electron chi connectivity index (χ0n) is 13.5. The fourth-order valence-electron chi connectivity index (χ4n) is 2.90. The number of piperidine rings is 1. The van der Waals surface area contributed by atoms with Gasteiger partial charge < -0.3 is 10.2 Å². The number of hydrogen-bond acceptors (Lipinski definition) is 5. The summed E-state index contributed by atoms with van der Waals surface area (Å²) in [6.45, 7) is 6.38. The van der Waals surface area contributed by atoms with Crippen molar-refractivity contribution in [2.75, 3.05) is 26.2 Å². The minimum Gasteiger partial charge on any atom is -0.350 e. The van der Waals surface area contributed by atoms with Gasteiger partial charge in [0.25, 0.3) is 5.91 Å². The molecule has 23 heavy (non-hydrogen) atoms. The molecule has 1 N–H and O–H groups in total. The lowest BCUT2D eigenvalue weighted by Gasteiger charge is -2.29. The number of thiophene rings is 1. The predicted molar refractivity (Wildman–Crippen MR) is 97.2 cm³/mol. The molecular formula is C17H23N3OS2. The molecule has 3 heterocycles. The molecule has 1 aliphatic rings. The molecule has 0 bridgehead atoms. The summed E-state index contributed by atoms with van der Waals surface area (Å²) in [6.07, 6.45) is 3.98. The standard InChI is InChI=1S/C17H23N3OS2/c1-13(10-20-6-3-2-4-7-20)9-18-16(21)15-12-23-17(19-15)14-5-8-22-11-14/h5,8,11-13H,2-4,6-7,9-10H2,1H3,(H,18,21). The molecule has 1 atom stereocenters. The normalized spacial score (nSPS) is 17.1. The molecule has 4 nitrogen and oxygen atoms in total. The van der Waals surface area contributed by atoms with Gasteiger partial charge in [0.15, 0.2) is 0 Å². The minimum absolute atomic E-state index is 0.0618. The van der Waals surface area contributed by atoms with Crippen molar-refractivity contribution in [3.63, 3.8) is 0 Å². The summed E-state index contributed by atoms with van der Waals surface area (Å²) < 4.78 is 0. The number of likely N-dealkylation sites (tertiary alicyclic amines) is 1. The maximum Gasteiger partial charge on any atom is 0.270 e. The molecule has 1 unspecified atom stereocenters. The van der Waals surface area contributed by atoms with Crippen molar-refractivity contribution in [2.45, 2.75) is 26.2 Å². The van der Waals surface area contributed by atoms with E-state index in [9.17, 15) is 4.79 Å². The van der Waals surface area contributed by atoms with Crippen LogP contribution in [-0.2, 0) is 0 Å². The van der Waals surface area contributed by atoms with Gasteiger partial charge in [-0.25, -0.2) is 4.98 Å². The van der Waals surface area contributed by atoms with Crippen molar-refractivity contribution in [2.24, 2.45) is 5.92 Å². The Kier molecular flexibility index (Phi) is 5.80. The number of carbonyl (C=O) groups excluding carboxylic acids is 1. The molecule has 1 fully saturated rings. The van der Waals surface area contributed by atoms with E-state index >= 15 is 0 Å². The van der Waals surface area contributed by atoms with Crippen LogP contribution in [0.4, 0.5) is 0 Å². The monoisotopic (exact) mass is 349 g/mol. The lowest BCUT2D eigenvalue weighted by Crippen LogP contribution is -2.38. The molecule has 0 saturated carbocycles. The van der Waals surface area contributed by atoms with Crippen molar-refractivity contribution in [1.29, 1.82) is 0 Å². The number of nitrogens with one attached hydrogen (secondary N) is 1. The Balaban J connectivity index is 1.47. The van der Waals surface area contributed by atoms with Crippen LogP contribution in [0.3, 0.4) is 0 Å². The third kappa shape index (κ3) is 4.62. The molecular weight excluding hydrogens is 326 g/mol. The second-order valence-electron chi connectivity index (χ2n) is 6.23. The fourth-order valence-corrected chi connectivity index (χ4v) is 4.41. The van der Waals surface area contributed by atoms with E-state index in [1.165, 1.54) is 43.7 Å². The number of carbonyl (C=O) groups is 1. The Bertz CT molecular complexity index is 618. The van der Waals surface area contributed by atoms with E-state index in [4.69, 9.17) is 0 Å². The summed E-state index contributed by atoms with van der Waals surface area (Å²) >= 11 is 3.17. The first-order valence-electron chi connectivity index (χ1n) is 8.21. The van der Waals surface area contributed by atoms with Crippen LogP contribution in [0, 0.1) is 5.92 Å². The van der Waals surface area contributed by atoms with Crippen molar-refractivity contribution in [3.05, 3.63) is 27.9 Å². The average Bonchev–Trinajstić information content (AvgIpc) is 3.24. The Morgan fingerprint density at radius 3 is 2.91 bits per heavy atom. The quantitative estimate of drug-likeness (QED) is 0.864. The molecule has 124 valence electrons. The van der Waals surface area contributed by atoms with Gasteiger partial charge in [-0.2, -0.15) is 11.3 Å². The summed E-state index contributed by atoms with van der Waals surface area (Å²) in [5, 5.41) is 9.87. The first-order chi connectivity index (χ1) is 11.2. The van der Waals surface area contributed by atoms with Crippen molar-refractivity contribution < 1.29 is 4.79 Å². The molecule has 0 spiro atoms. The van der Waals surface area contributed by atoms with Gasteiger partial charge >= 0.3 is 0 Å². The number of nitrogens with zero attached hydrogens (tertiary/aromatic N) is 2. The summed E-state index contributed by atoms with van der Waals surface area (Å²) in [5.74, 6) is 0.403. The van der Waals surface area contributed by atoms with Gasteiger partial charge in [0.2, 0.25) is 0 Å². The van der Waals surface area contributed by atoms with E-state index in [0.717, 1.165) is 17.1 Å². The number of hydrogen-bond donors (Lipinski definition) is 1. The maximum absolute atomic E-state index is 12.2. The van der Waals surface area contributed by atoms with Crippen LogP contribution >= 0.6 is 22.7 Å². The molecule has 2 aromatic rings. The minimum atomic E-state index is -0.0618. The topological polar surface area (TPSA) is 45.2 Å². The third-order valence-corrected chi connectivity index (χ3v) is 5.71. The molecule has 0 radical (unpaired) electrons. The van der Waals surface area contributed by atoms with E-state index in [2.05, 4.69) is 27.5 Å². The van der Waals surface area contributed by atoms with Crippen molar-refractivity contribution in [3.8, 4) is 10.6 Å². The van der Waals surface area contributed by atoms with Crippen molar-refractivity contribution >= 4 is 28.6 Å². The highest BCUT2D eigenvalue weighted by atomic mass is 32.1. The van der Waals surface area contributed by atoms with Crippen LogP contribution in [0.5, 0.6) is 0 Å². The number of aromatic nitrogens is 1. The molecule has 0 aliphatic carbocycles. The largest absolute Gasteiger partial charge is 0.350 e. The summed E-state index contributed by atoms with van der Waals surface area (Å²) in [7, 11) is 0. The molecule has 1 saturated heterocycles. The Morgan fingerprint density at radius 2 is 2.17 bits per heavy atom.